The molecule has 0 saturated carbocycles. The second kappa shape index (κ2) is 5.76. The summed E-state index contributed by atoms with van der Waals surface area (Å²) in [7, 11) is 1.82. The van der Waals surface area contributed by atoms with Gasteiger partial charge in [0.1, 0.15) is 5.69 Å². The van der Waals surface area contributed by atoms with Gasteiger partial charge in [0.2, 0.25) is 0 Å². The lowest BCUT2D eigenvalue weighted by Gasteiger charge is -2.18. The first-order valence-corrected chi connectivity index (χ1v) is 7.64. The average molecular weight is 292 g/mol. The first-order chi connectivity index (χ1) is 10.6. The van der Waals surface area contributed by atoms with E-state index in [0.717, 1.165) is 17.5 Å². The molecule has 0 spiro atoms. The molecule has 1 aromatic heterocycles. The number of aryl methyl sites for hydroxylation is 2. The van der Waals surface area contributed by atoms with Crippen LogP contribution in [0.2, 0.25) is 0 Å². The number of hydrogen-bond donors (Lipinski definition) is 0. The predicted octanol–water partition coefficient (Wildman–Crippen LogP) is 3.78. The van der Waals surface area contributed by atoms with Gasteiger partial charge in [-0.2, -0.15) is 0 Å². The molecule has 0 bridgehead atoms. The summed E-state index contributed by atoms with van der Waals surface area (Å²) in [5, 5.41) is 0. The summed E-state index contributed by atoms with van der Waals surface area (Å²) in [6.45, 7) is 4.19. The van der Waals surface area contributed by atoms with Crippen LogP contribution in [-0.4, -0.2) is 9.55 Å². The minimum absolute atomic E-state index is 0.00574. The van der Waals surface area contributed by atoms with Crippen LogP contribution in [0, 0.1) is 6.92 Å². The topological polar surface area (TPSA) is 34.9 Å². The Balaban J connectivity index is 2.26. The van der Waals surface area contributed by atoms with Gasteiger partial charge in [0, 0.05) is 13.0 Å². The van der Waals surface area contributed by atoms with Crippen molar-refractivity contribution in [1.29, 1.82) is 0 Å². The summed E-state index contributed by atoms with van der Waals surface area (Å²) in [6.07, 6.45) is 0.853. The number of hydrogen-bond acceptors (Lipinski definition) is 2. The summed E-state index contributed by atoms with van der Waals surface area (Å²) in [5.41, 5.74) is 4.76. The summed E-state index contributed by atoms with van der Waals surface area (Å²) in [4.78, 5) is 17.5. The molecule has 1 atom stereocenters. The van der Waals surface area contributed by atoms with Gasteiger partial charge in [0.15, 0.2) is 0 Å². The summed E-state index contributed by atoms with van der Waals surface area (Å²) >= 11 is 0. The molecular formula is C19H20N2O. The first-order valence-electron chi connectivity index (χ1n) is 7.64. The van der Waals surface area contributed by atoms with Crippen molar-refractivity contribution in [2.24, 2.45) is 7.05 Å². The van der Waals surface area contributed by atoms with Crippen LogP contribution in [0.25, 0.3) is 11.0 Å². The lowest BCUT2D eigenvalue weighted by atomic mass is 9.90. The van der Waals surface area contributed by atoms with E-state index in [4.69, 9.17) is 4.98 Å². The molecule has 0 saturated heterocycles. The largest absolute Gasteiger partial charge is 0.308 e. The fourth-order valence-electron chi connectivity index (χ4n) is 3.07. The maximum absolute atomic E-state index is 12.8. The fraction of sp³-hybridized carbons (Fsp3) is 0.263. The molecule has 1 heterocycles. The third-order valence-corrected chi connectivity index (χ3v) is 4.31. The van der Waals surface area contributed by atoms with E-state index in [9.17, 15) is 4.79 Å². The van der Waals surface area contributed by atoms with E-state index in [1.165, 1.54) is 11.1 Å². The highest BCUT2D eigenvalue weighted by Crippen LogP contribution is 2.27. The molecular weight excluding hydrogens is 272 g/mol. The van der Waals surface area contributed by atoms with Crippen molar-refractivity contribution in [2.75, 3.05) is 0 Å². The molecule has 112 valence electrons. The average Bonchev–Trinajstić information content (AvgIpc) is 2.54. The van der Waals surface area contributed by atoms with E-state index in [0.29, 0.717) is 5.69 Å². The molecule has 0 aliphatic carbocycles. The maximum atomic E-state index is 12.8. The number of benzene rings is 2. The van der Waals surface area contributed by atoms with Crippen molar-refractivity contribution in [3.05, 3.63) is 75.7 Å². The van der Waals surface area contributed by atoms with Gasteiger partial charge in [-0.05, 0) is 36.6 Å². The van der Waals surface area contributed by atoms with E-state index in [2.05, 4.69) is 26.0 Å². The van der Waals surface area contributed by atoms with Gasteiger partial charge >= 0.3 is 0 Å². The summed E-state index contributed by atoms with van der Waals surface area (Å²) in [6, 6.07) is 16.0. The molecule has 0 amide bonds. The van der Waals surface area contributed by atoms with E-state index < -0.39 is 0 Å². The molecule has 3 heteroatoms. The summed E-state index contributed by atoms with van der Waals surface area (Å²) in [5.74, 6) is 0.0320. The third kappa shape index (κ3) is 2.33. The molecule has 0 aliphatic heterocycles. The second-order valence-corrected chi connectivity index (χ2v) is 5.67. The number of nitrogens with zero attached hydrogens (tertiary/aromatic N) is 2. The SMILES string of the molecule is CCC(c1ccccc1C)c1nc2ccccc2n(C)c1=O. The number of aromatic nitrogens is 2. The minimum atomic E-state index is -0.00574. The Labute approximate surface area is 130 Å². The molecule has 1 unspecified atom stereocenters. The Kier molecular flexibility index (Phi) is 3.80. The van der Waals surface area contributed by atoms with Gasteiger partial charge in [-0.3, -0.25) is 4.79 Å². The lowest BCUT2D eigenvalue weighted by molar-refractivity contribution is 0.714. The zero-order valence-corrected chi connectivity index (χ0v) is 13.2. The molecule has 0 N–H and O–H groups in total. The predicted molar refractivity (Wildman–Crippen MR) is 90.3 cm³/mol. The number of fused-ring (bicyclic) bond motifs is 1. The van der Waals surface area contributed by atoms with Gasteiger partial charge in [-0.25, -0.2) is 4.98 Å². The fourth-order valence-corrected chi connectivity index (χ4v) is 3.07. The van der Waals surface area contributed by atoms with Gasteiger partial charge in [0.25, 0.3) is 5.56 Å². The van der Waals surface area contributed by atoms with Crippen molar-refractivity contribution in [1.82, 2.24) is 9.55 Å². The van der Waals surface area contributed by atoms with Gasteiger partial charge in [0.05, 0.1) is 11.0 Å². The molecule has 2 aromatic carbocycles. The van der Waals surface area contributed by atoms with Crippen LogP contribution < -0.4 is 5.56 Å². The number of rotatable bonds is 3. The molecule has 0 fully saturated rings. The van der Waals surface area contributed by atoms with Crippen molar-refractivity contribution < 1.29 is 0 Å². The van der Waals surface area contributed by atoms with Gasteiger partial charge in [-0.1, -0.05) is 43.3 Å². The van der Waals surface area contributed by atoms with Crippen LogP contribution in [0.1, 0.15) is 36.1 Å². The van der Waals surface area contributed by atoms with Crippen molar-refractivity contribution >= 4 is 11.0 Å². The molecule has 3 nitrogen and oxygen atoms in total. The molecule has 3 aromatic rings. The van der Waals surface area contributed by atoms with Crippen molar-refractivity contribution in [2.45, 2.75) is 26.2 Å². The molecule has 0 aliphatic rings. The highest BCUT2D eigenvalue weighted by Gasteiger charge is 2.20. The van der Waals surface area contributed by atoms with E-state index >= 15 is 0 Å². The summed E-state index contributed by atoms with van der Waals surface area (Å²) < 4.78 is 1.71. The smallest absolute Gasteiger partial charge is 0.273 e. The molecule has 3 rings (SSSR count). The van der Waals surface area contributed by atoms with Crippen molar-refractivity contribution in [3.8, 4) is 0 Å². The standard InChI is InChI=1S/C19H20N2O/c1-4-14(15-10-6-5-9-13(15)2)18-19(22)21(3)17-12-8-7-11-16(17)20-18/h5-12,14H,4H2,1-3H3. The zero-order chi connectivity index (χ0) is 15.7. The number of para-hydroxylation sites is 2. The van der Waals surface area contributed by atoms with Crippen LogP contribution in [0.15, 0.2) is 53.3 Å². The van der Waals surface area contributed by atoms with Crippen LogP contribution in [0.4, 0.5) is 0 Å². The lowest BCUT2D eigenvalue weighted by Crippen LogP contribution is -2.26. The normalized spacial score (nSPS) is 12.5. The Morgan fingerprint density at radius 2 is 1.77 bits per heavy atom. The van der Waals surface area contributed by atoms with E-state index in [1.807, 2.05) is 43.4 Å². The van der Waals surface area contributed by atoms with Crippen molar-refractivity contribution in [3.63, 3.8) is 0 Å². The zero-order valence-electron chi connectivity index (χ0n) is 13.2. The van der Waals surface area contributed by atoms with Crippen LogP contribution in [0.5, 0.6) is 0 Å². The Hall–Kier alpha value is -2.42. The van der Waals surface area contributed by atoms with Crippen LogP contribution in [-0.2, 0) is 7.05 Å². The highest BCUT2D eigenvalue weighted by atomic mass is 16.1. The quantitative estimate of drug-likeness (QED) is 0.736. The van der Waals surface area contributed by atoms with E-state index in [-0.39, 0.29) is 11.5 Å². The molecule has 22 heavy (non-hydrogen) atoms. The van der Waals surface area contributed by atoms with Gasteiger partial charge < -0.3 is 4.57 Å². The van der Waals surface area contributed by atoms with E-state index in [1.54, 1.807) is 4.57 Å². The van der Waals surface area contributed by atoms with Gasteiger partial charge in [-0.15, -0.1) is 0 Å². The minimum Gasteiger partial charge on any atom is -0.308 e. The van der Waals surface area contributed by atoms with Crippen LogP contribution >= 0.6 is 0 Å². The Morgan fingerprint density at radius 1 is 1.09 bits per heavy atom. The molecule has 0 radical (unpaired) electrons. The Bertz CT molecular complexity index is 880. The highest BCUT2D eigenvalue weighted by molar-refractivity contribution is 5.74. The Morgan fingerprint density at radius 3 is 2.50 bits per heavy atom. The maximum Gasteiger partial charge on any atom is 0.273 e. The third-order valence-electron chi connectivity index (χ3n) is 4.31. The first kappa shape index (κ1) is 14.5. The van der Waals surface area contributed by atoms with Crippen LogP contribution in [0.3, 0.4) is 0 Å². The second-order valence-electron chi connectivity index (χ2n) is 5.67. The monoisotopic (exact) mass is 292 g/mol.